The van der Waals surface area contributed by atoms with E-state index < -0.39 is 11.8 Å². The molecular weight excluding hydrogens is 442 g/mol. The molecule has 3 heterocycles. The van der Waals surface area contributed by atoms with Gasteiger partial charge in [-0.05, 0) is 23.8 Å². The van der Waals surface area contributed by atoms with Crippen molar-refractivity contribution in [1.82, 2.24) is 30.5 Å². The van der Waals surface area contributed by atoms with Crippen molar-refractivity contribution in [3.05, 3.63) is 71.9 Å². The van der Waals surface area contributed by atoms with Crippen LogP contribution in [0.15, 0.2) is 48.8 Å². The lowest BCUT2D eigenvalue weighted by molar-refractivity contribution is -0.120. The zero-order valence-electron chi connectivity index (χ0n) is 18.6. The van der Waals surface area contributed by atoms with Crippen molar-refractivity contribution in [2.24, 2.45) is 0 Å². The molecule has 0 spiro atoms. The van der Waals surface area contributed by atoms with E-state index in [2.05, 4.69) is 30.5 Å². The minimum atomic E-state index is -0.652. The van der Waals surface area contributed by atoms with Crippen molar-refractivity contribution in [2.75, 3.05) is 39.3 Å². The van der Waals surface area contributed by atoms with Crippen LogP contribution in [0.2, 0.25) is 0 Å². The number of hydrogen-bond donors (Lipinski definition) is 2. The molecule has 1 aliphatic heterocycles. The maximum Gasteiger partial charge on any atom is 0.224 e. The molecule has 178 valence electrons. The zero-order chi connectivity index (χ0) is 23.8. The maximum absolute atomic E-state index is 14.7. The summed E-state index contributed by atoms with van der Waals surface area (Å²) in [6.07, 6.45) is 2.90. The van der Waals surface area contributed by atoms with Gasteiger partial charge in [0, 0.05) is 62.8 Å². The molecular formula is C24H26F2N6O2. The lowest BCUT2D eigenvalue weighted by Gasteiger charge is -2.26. The number of ether oxygens (including phenoxy) is 1. The monoisotopic (exact) mass is 468 g/mol. The Morgan fingerprint density at radius 2 is 1.97 bits per heavy atom. The number of carbonyl (C=O) groups excluding carboxylic acids is 1. The van der Waals surface area contributed by atoms with Gasteiger partial charge in [0.15, 0.2) is 5.82 Å². The molecule has 2 aromatic heterocycles. The molecule has 0 aliphatic carbocycles. The SMILES string of the molecule is O=C(Cc1ccc(-c2ccc(OCCN3CCNCC3)cc2F)nc1)NCc1nccc(F)n1. The van der Waals surface area contributed by atoms with Gasteiger partial charge in [0.2, 0.25) is 11.9 Å². The summed E-state index contributed by atoms with van der Waals surface area (Å²) < 4.78 is 33.5. The topological polar surface area (TPSA) is 92.3 Å². The van der Waals surface area contributed by atoms with E-state index in [-0.39, 0.29) is 24.7 Å². The number of rotatable bonds is 9. The van der Waals surface area contributed by atoms with Gasteiger partial charge in [0.25, 0.3) is 0 Å². The van der Waals surface area contributed by atoms with Crippen LogP contribution in [0.4, 0.5) is 8.78 Å². The van der Waals surface area contributed by atoms with E-state index in [4.69, 9.17) is 4.74 Å². The van der Waals surface area contributed by atoms with E-state index in [0.717, 1.165) is 38.8 Å². The van der Waals surface area contributed by atoms with Gasteiger partial charge in [-0.3, -0.25) is 14.7 Å². The Morgan fingerprint density at radius 1 is 1.12 bits per heavy atom. The largest absolute Gasteiger partial charge is 0.492 e. The highest BCUT2D eigenvalue weighted by molar-refractivity contribution is 5.78. The van der Waals surface area contributed by atoms with Crippen LogP contribution < -0.4 is 15.4 Å². The molecule has 0 unspecified atom stereocenters. The summed E-state index contributed by atoms with van der Waals surface area (Å²) in [4.78, 5) is 26.2. The normalized spacial score (nSPS) is 14.1. The third-order valence-corrected chi connectivity index (χ3v) is 5.41. The highest BCUT2D eigenvalue weighted by atomic mass is 19.1. The molecule has 4 rings (SSSR count). The highest BCUT2D eigenvalue weighted by Crippen LogP contribution is 2.25. The molecule has 2 N–H and O–H groups in total. The summed E-state index contributed by atoms with van der Waals surface area (Å²) in [5, 5.41) is 5.94. The van der Waals surface area contributed by atoms with Gasteiger partial charge in [-0.2, -0.15) is 4.39 Å². The fourth-order valence-electron chi connectivity index (χ4n) is 3.59. The molecule has 0 saturated carbocycles. The Hall–Kier alpha value is -3.50. The van der Waals surface area contributed by atoms with Crippen molar-refractivity contribution < 1.29 is 18.3 Å². The average molecular weight is 469 g/mol. The number of hydrogen-bond acceptors (Lipinski definition) is 7. The number of amides is 1. The van der Waals surface area contributed by atoms with Crippen LogP contribution in [0.25, 0.3) is 11.3 Å². The first-order valence-electron chi connectivity index (χ1n) is 11.1. The quantitative estimate of drug-likeness (QED) is 0.464. The van der Waals surface area contributed by atoms with Crippen LogP contribution in [0, 0.1) is 11.8 Å². The third kappa shape index (κ3) is 6.75. The number of benzene rings is 1. The van der Waals surface area contributed by atoms with Crippen LogP contribution >= 0.6 is 0 Å². The second kappa shape index (κ2) is 11.6. The summed E-state index contributed by atoms with van der Waals surface area (Å²) >= 11 is 0. The average Bonchev–Trinajstić information content (AvgIpc) is 2.84. The molecule has 1 saturated heterocycles. The number of halogens is 2. The lowest BCUT2D eigenvalue weighted by Crippen LogP contribution is -2.44. The van der Waals surface area contributed by atoms with Crippen LogP contribution in [0.3, 0.4) is 0 Å². The fraction of sp³-hybridized carbons (Fsp3) is 0.333. The summed E-state index contributed by atoms with van der Waals surface area (Å²) in [6, 6.07) is 9.26. The smallest absolute Gasteiger partial charge is 0.224 e. The van der Waals surface area contributed by atoms with Gasteiger partial charge in [0.1, 0.15) is 18.2 Å². The van der Waals surface area contributed by atoms with Gasteiger partial charge >= 0.3 is 0 Å². The van der Waals surface area contributed by atoms with Gasteiger partial charge < -0.3 is 15.4 Å². The molecule has 1 aliphatic rings. The first kappa shape index (κ1) is 23.7. The minimum absolute atomic E-state index is 0.0248. The van der Waals surface area contributed by atoms with Crippen LogP contribution in [0.5, 0.6) is 5.75 Å². The Bertz CT molecular complexity index is 1110. The molecule has 3 aromatic rings. The molecule has 8 nitrogen and oxygen atoms in total. The van der Waals surface area contributed by atoms with E-state index in [1.54, 1.807) is 24.3 Å². The molecule has 34 heavy (non-hydrogen) atoms. The first-order chi connectivity index (χ1) is 16.6. The van der Waals surface area contributed by atoms with Crippen LogP contribution in [-0.2, 0) is 17.8 Å². The Labute approximate surface area is 196 Å². The lowest BCUT2D eigenvalue weighted by atomic mass is 10.1. The zero-order valence-corrected chi connectivity index (χ0v) is 18.6. The van der Waals surface area contributed by atoms with Crippen molar-refractivity contribution in [3.63, 3.8) is 0 Å². The Morgan fingerprint density at radius 3 is 2.71 bits per heavy atom. The van der Waals surface area contributed by atoms with Crippen molar-refractivity contribution in [2.45, 2.75) is 13.0 Å². The second-order valence-corrected chi connectivity index (χ2v) is 7.88. The van der Waals surface area contributed by atoms with Gasteiger partial charge in [-0.1, -0.05) is 6.07 Å². The van der Waals surface area contributed by atoms with E-state index in [0.29, 0.717) is 29.2 Å². The van der Waals surface area contributed by atoms with E-state index in [1.165, 1.54) is 18.5 Å². The van der Waals surface area contributed by atoms with E-state index in [1.807, 2.05) is 0 Å². The van der Waals surface area contributed by atoms with Crippen molar-refractivity contribution in [1.29, 1.82) is 0 Å². The molecule has 10 heteroatoms. The summed E-state index contributed by atoms with van der Waals surface area (Å²) in [7, 11) is 0. The van der Waals surface area contributed by atoms with Crippen molar-refractivity contribution >= 4 is 5.91 Å². The minimum Gasteiger partial charge on any atom is -0.492 e. The number of carbonyl (C=O) groups is 1. The highest BCUT2D eigenvalue weighted by Gasteiger charge is 2.12. The standard InChI is InChI=1S/C24H26F2N6O2/c25-20-14-18(34-12-11-32-9-7-27-8-10-32)2-3-19(20)21-4-1-17(15-29-21)13-24(33)30-16-23-28-6-5-22(26)31-23/h1-6,14-15,27H,7-13,16H2,(H,30,33). The number of piperazine rings is 1. The summed E-state index contributed by atoms with van der Waals surface area (Å²) in [6.45, 7) is 5.25. The maximum atomic E-state index is 14.7. The number of nitrogens with one attached hydrogen (secondary N) is 2. The molecule has 0 atom stereocenters. The van der Waals surface area contributed by atoms with Gasteiger partial charge in [-0.25, -0.2) is 14.4 Å². The predicted molar refractivity (Wildman–Crippen MR) is 122 cm³/mol. The summed E-state index contributed by atoms with van der Waals surface area (Å²) in [5.74, 6) is -0.690. The molecule has 1 fully saturated rings. The third-order valence-electron chi connectivity index (χ3n) is 5.41. The van der Waals surface area contributed by atoms with Gasteiger partial charge in [-0.15, -0.1) is 0 Å². The molecule has 0 bridgehead atoms. The van der Waals surface area contributed by atoms with E-state index in [9.17, 15) is 13.6 Å². The summed E-state index contributed by atoms with van der Waals surface area (Å²) in [5.41, 5.74) is 1.48. The molecule has 1 amide bonds. The van der Waals surface area contributed by atoms with E-state index >= 15 is 0 Å². The predicted octanol–water partition coefficient (Wildman–Crippen LogP) is 1.96. The second-order valence-electron chi connectivity index (χ2n) is 7.88. The van der Waals surface area contributed by atoms with Crippen LogP contribution in [-0.4, -0.2) is 65.1 Å². The van der Waals surface area contributed by atoms with Crippen LogP contribution in [0.1, 0.15) is 11.4 Å². The fourth-order valence-corrected chi connectivity index (χ4v) is 3.59. The molecule has 1 aromatic carbocycles. The number of aromatic nitrogens is 3. The number of pyridine rings is 1. The Balaban J connectivity index is 1.28. The number of nitrogens with zero attached hydrogens (tertiary/aromatic N) is 4. The van der Waals surface area contributed by atoms with Crippen molar-refractivity contribution in [3.8, 4) is 17.0 Å². The Kier molecular flexibility index (Phi) is 8.05. The van der Waals surface area contributed by atoms with Gasteiger partial charge in [0.05, 0.1) is 18.7 Å². The first-order valence-corrected chi connectivity index (χ1v) is 11.1. The molecule has 0 radical (unpaired) electrons.